The number of ketones is 1. The number of methoxy groups -OCH3 is 1. The van der Waals surface area contributed by atoms with E-state index in [1.165, 1.54) is 20.1 Å². The molecule has 0 radical (unpaired) electrons. The second kappa shape index (κ2) is 6.35. The van der Waals surface area contributed by atoms with E-state index in [1.54, 1.807) is 18.2 Å². The molecule has 2 aromatic rings. The lowest BCUT2D eigenvalue weighted by molar-refractivity contribution is 0.0988. The molecule has 2 aromatic carbocycles. The Morgan fingerprint density at radius 2 is 1.90 bits per heavy atom. The molecule has 2 rings (SSSR count). The number of Topliss-reactive ketones (excluding diaryl/α,β-unsaturated/α-hetero) is 1. The van der Waals surface area contributed by atoms with Crippen molar-refractivity contribution in [2.75, 3.05) is 7.11 Å². The minimum absolute atomic E-state index is 0.0232. The van der Waals surface area contributed by atoms with Gasteiger partial charge in [-0.05, 0) is 36.8 Å². The molecule has 5 heteroatoms. The average Bonchev–Trinajstić information content (AvgIpc) is 2.43. The van der Waals surface area contributed by atoms with Crippen LogP contribution in [0.4, 0.5) is 8.78 Å². The third-order valence-electron chi connectivity index (χ3n) is 3.14. The Balaban J connectivity index is 2.34. The van der Waals surface area contributed by atoms with Gasteiger partial charge < -0.3 is 4.74 Å². The first-order chi connectivity index (χ1) is 9.92. The van der Waals surface area contributed by atoms with Crippen LogP contribution in [-0.4, -0.2) is 12.9 Å². The first kappa shape index (κ1) is 15.6. The van der Waals surface area contributed by atoms with Gasteiger partial charge in [0.2, 0.25) is 0 Å². The minimum atomic E-state index is -0.850. The summed E-state index contributed by atoms with van der Waals surface area (Å²) in [4.78, 5) is 12.2. The summed E-state index contributed by atoms with van der Waals surface area (Å²) in [5.74, 6) is -1.39. The van der Waals surface area contributed by atoms with Crippen LogP contribution in [0.5, 0.6) is 5.75 Å². The number of hydrogen-bond acceptors (Lipinski definition) is 2. The molecule has 0 aliphatic heterocycles. The van der Waals surface area contributed by atoms with Crippen LogP contribution in [0.2, 0.25) is 0 Å². The zero-order valence-electron chi connectivity index (χ0n) is 11.5. The summed E-state index contributed by atoms with van der Waals surface area (Å²) in [6.45, 7) is 1.49. The summed E-state index contributed by atoms with van der Waals surface area (Å²) >= 11 is 3.32. The van der Waals surface area contributed by atoms with Crippen molar-refractivity contribution < 1.29 is 18.3 Å². The molecule has 0 aliphatic rings. The Labute approximate surface area is 129 Å². The van der Waals surface area contributed by atoms with E-state index in [-0.39, 0.29) is 17.5 Å². The molecule has 0 atom stereocenters. The van der Waals surface area contributed by atoms with E-state index in [9.17, 15) is 13.6 Å². The van der Waals surface area contributed by atoms with Crippen LogP contribution in [-0.2, 0) is 6.42 Å². The summed E-state index contributed by atoms with van der Waals surface area (Å²) in [6.07, 6.45) is -0.0232. The Kier molecular flexibility index (Phi) is 4.73. The quantitative estimate of drug-likeness (QED) is 0.757. The molecule has 21 heavy (non-hydrogen) atoms. The van der Waals surface area contributed by atoms with Gasteiger partial charge in [0.15, 0.2) is 5.78 Å². The second-order valence-electron chi connectivity index (χ2n) is 4.64. The van der Waals surface area contributed by atoms with Gasteiger partial charge >= 0.3 is 0 Å². The molecule has 0 saturated heterocycles. The fourth-order valence-electron chi connectivity index (χ4n) is 2.02. The molecule has 2 nitrogen and oxygen atoms in total. The van der Waals surface area contributed by atoms with E-state index >= 15 is 0 Å². The standard InChI is InChI=1S/C16H13BrF2O2/c1-9-5-12(14(19)8-13(9)18)15(20)7-10-6-11(17)3-4-16(10)21-2/h3-6,8H,7H2,1-2H3. The Morgan fingerprint density at radius 1 is 1.19 bits per heavy atom. The van der Waals surface area contributed by atoms with Crippen molar-refractivity contribution in [3.05, 3.63) is 63.1 Å². The lowest BCUT2D eigenvalue weighted by atomic mass is 10.00. The monoisotopic (exact) mass is 354 g/mol. The van der Waals surface area contributed by atoms with Gasteiger partial charge in [-0.1, -0.05) is 15.9 Å². The molecule has 0 N–H and O–H groups in total. The van der Waals surface area contributed by atoms with Crippen LogP contribution in [0.15, 0.2) is 34.8 Å². The van der Waals surface area contributed by atoms with Crippen molar-refractivity contribution in [2.45, 2.75) is 13.3 Å². The van der Waals surface area contributed by atoms with Crippen molar-refractivity contribution in [1.29, 1.82) is 0 Å². The minimum Gasteiger partial charge on any atom is -0.496 e. The highest BCUT2D eigenvalue weighted by Crippen LogP contribution is 2.25. The van der Waals surface area contributed by atoms with Crippen LogP contribution in [0.3, 0.4) is 0 Å². The molecular weight excluding hydrogens is 342 g/mol. The highest BCUT2D eigenvalue weighted by atomic mass is 79.9. The van der Waals surface area contributed by atoms with Gasteiger partial charge in [-0.2, -0.15) is 0 Å². The van der Waals surface area contributed by atoms with Gasteiger partial charge in [-0.3, -0.25) is 4.79 Å². The number of carbonyl (C=O) groups excluding carboxylic acids is 1. The number of rotatable bonds is 4. The largest absolute Gasteiger partial charge is 0.496 e. The van der Waals surface area contributed by atoms with Gasteiger partial charge in [0.05, 0.1) is 12.7 Å². The van der Waals surface area contributed by atoms with E-state index in [1.807, 2.05) is 0 Å². The zero-order valence-corrected chi connectivity index (χ0v) is 13.1. The molecule has 0 aliphatic carbocycles. The van der Waals surface area contributed by atoms with Crippen LogP contribution >= 0.6 is 15.9 Å². The Bertz CT molecular complexity index is 699. The van der Waals surface area contributed by atoms with Gasteiger partial charge in [0.25, 0.3) is 0 Å². The number of hydrogen-bond donors (Lipinski definition) is 0. The Hall–Kier alpha value is -1.75. The summed E-state index contributed by atoms with van der Waals surface area (Å²) in [7, 11) is 1.50. The van der Waals surface area contributed by atoms with E-state index in [2.05, 4.69) is 15.9 Å². The molecule has 0 unspecified atom stereocenters. The number of carbonyl (C=O) groups is 1. The lowest BCUT2D eigenvalue weighted by Gasteiger charge is -2.09. The Morgan fingerprint density at radius 3 is 2.57 bits per heavy atom. The first-order valence-corrected chi connectivity index (χ1v) is 7.03. The molecule has 0 bridgehead atoms. The summed E-state index contributed by atoms with van der Waals surface area (Å²) in [5, 5.41) is 0. The van der Waals surface area contributed by atoms with Crippen molar-refractivity contribution >= 4 is 21.7 Å². The van der Waals surface area contributed by atoms with Gasteiger partial charge in [0.1, 0.15) is 17.4 Å². The van der Waals surface area contributed by atoms with E-state index in [4.69, 9.17) is 4.74 Å². The summed E-state index contributed by atoms with van der Waals surface area (Å²) in [6, 6.07) is 7.22. The summed E-state index contributed by atoms with van der Waals surface area (Å²) in [5.41, 5.74) is 0.759. The molecular formula is C16H13BrF2O2. The van der Waals surface area contributed by atoms with Crippen LogP contribution < -0.4 is 4.74 Å². The average molecular weight is 355 g/mol. The van der Waals surface area contributed by atoms with Crippen molar-refractivity contribution in [2.24, 2.45) is 0 Å². The maximum atomic E-state index is 13.7. The predicted octanol–water partition coefficient (Wildman–Crippen LogP) is 4.47. The fraction of sp³-hybridized carbons (Fsp3) is 0.188. The van der Waals surface area contributed by atoms with Crippen molar-refractivity contribution in [3.8, 4) is 5.75 Å². The highest BCUT2D eigenvalue weighted by Gasteiger charge is 2.17. The second-order valence-corrected chi connectivity index (χ2v) is 5.55. The van der Waals surface area contributed by atoms with Crippen LogP contribution in [0.1, 0.15) is 21.5 Å². The van der Waals surface area contributed by atoms with Crippen molar-refractivity contribution in [3.63, 3.8) is 0 Å². The molecule has 0 heterocycles. The molecule has 0 amide bonds. The SMILES string of the molecule is COc1ccc(Br)cc1CC(=O)c1cc(C)c(F)cc1F. The number of benzene rings is 2. The molecule has 0 fully saturated rings. The topological polar surface area (TPSA) is 26.3 Å². The number of aryl methyl sites for hydroxylation is 1. The van der Waals surface area contributed by atoms with Gasteiger partial charge in [-0.25, -0.2) is 8.78 Å². The molecule has 0 saturated carbocycles. The van der Waals surface area contributed by atoms with Crippen LogP contribution in [0, 0.1) is 18.6 Å². The normalized spacial score (nSPS) is 10.5. The number of halogens is 3. The van der Waals surface area contributed by atoms with Gasteiger partial charge in [0, 0.05) is 22.5 Å². The molecule has 110 valence electrons. The van der Waals surface area contributed by atoms with Crippen LogP contribution in [0.25, 0.3) is 0 Å². The highest BCUT2D eigenvalue weighted by molar-refractivity contribution is 9.10. The lowest BCUT2D eigenvalue weighted by Crippen LogP contribution is -2.08. The number of ether oxygens (including phenoxy) is 1. The fourth-order valence-corrected chi connectivity index (χ4v) is 2.43. The smallest absolute Gasteiger partial charge is 0.170 e. The molecule has 0 aromatic heterocycles. The summed E-state index contributed by atoms with van der Waals surface area (Å²) < 4.78 is 33.0. The van der Waals surface area contributed by atoms with Gasteiger partial charge in [-0.15, -0.1) is 0 Å². The van der Waals surface area contributed by atoms with E-state index < -0.39 is 17.4 Å². The van der Waals surface area contributed by atoms with E-state index in [0.717, 1.165) is 10.5 Å². The third-order valence-corrected chi connectivity index (χ3v) is 3.64. The maximum Gasteiger partial charge on any atom is 0.170 e. The van der Waals surface area contributed by atoms with E-state index in [0.29, 0.717) is 11.3 Å². The zero-order chi connectivity index (χ0) is 15.6. The molecule has 0 spiro atoms. The first-order valence-electron chi connectivity index (χ1n) is 6.23. The van der Waals surface area contributed by atoms with Crippen molar-refractivity contribution in [1.82, 2.24) is 0 Å². The third kappa shape index (κ3) is 3.47. The predicted molar refractivity (Wildman–Crippen MR) is 79.8 cm³/mol. The maximum absolute atomic E-state index is 13.7.